The van der Waals surface area contributed by atoms with Crippen LogP contribution in [0.4, 0.5) is 0 Å². The summed E-state index contributed by atoms with van der Waals surface area (Å²) in [5.74, 6) is 1.80. The molecule has 0 saturated carbocycles. The molecule has 0 amide bonds. The molecule has 2 aromatic heterocycles. The van der Waals surface area contributed by atoms with Crippen LogP contribution in [0.5, 0.6) is 5.88 Å². The molecule has 1 aromatic carbocycles. The Morgan fingerprint density at radius 1 is 1.11 bits per heavy atom. The number of aryl methyl sites for hydroxylation is 1. The van der Waals surface area contributed by atoms with Gasteiger partial charge in [0.15, 0.2) is 0 Å². The van der Waals surface area contributed by atoms with Gasteiger partial charge in [0.05, 0.1) is 17.9 Å². The molecule has 0 N–H and O–H groups in total. The van der Waals surface area contributed by atoms with Gasteiger partial charge in [0, 0.05) is 13.0 Å². The number of aromatic nitrogens is 3. The second-order valence-electron chi connectivity index (χ2n) is 5.72. The van der Waals surface area contributed by atoms with Crippen molar-refractivity contribution in [3.05, 3.63) is 90.0 Å². The quantitative estimate of drug-likeness (QED) is 0.438. The summed E-state index contributed by atoms with van der Waals surface area (Å²) >= 11 is 0. The molecule has 0 unspecified atom stereocenters. The molecule has 3 aromatic rings. The van der Waals surface area contributed by atoms with E-state index in [9.17, 15) is 0 Å². The summed E-state index contributed by atoms with van der Waals surface area (Å²) in [6.07, 6.45) is 1.74. The highest BCUT2D eigenvalue weighted by Gasteiger charge is 2.15. The van der Waals surface area contributed by atoms with Crippen LogP contribution in [0.3, 0.4) is 0 Å². The van der Waals surface area contributed by atoms with Gasteiger partial charge in [-0.15, -0.1) is 10.2 Å². The summed E-state index contributed by atoms with van der Waals surface area (Å²) in [5, 5.41) is 7.99. The van der Waals surface area contributed by atoms with Crippen molar-refractivity contribution in [2.24, 2.45) is 0 Å². The molecule has 6 heteroatoms. The van der Waals surface area contributed by atoms with Crippen molar-refractivity contribution in [1.82, 2.24) is 15.2 Å². The lowest BCUT2D eigenvalue weighted by Gasteiger charge is -2.09. The first-order valence-electron chi connectivity index (χ1n) is 8.63. The fraction of sp³-hybridized carbons (Fsp3) is 0.190. The van der Waals surface area contributed by atoms with E-state index >= 15 is 0 Å². The molecule has 27 heavy (non-hydrogen) atoms. The van der Waals surface area contributed by atoms with E-state index < -0.39 is 0 Å². The van der Waals surface area contributed by atoms with Gasteiger partial charge in [-0.25, -0.2) is 4.98 Å². The molecule has 0 fully saturated rings. The van der Waals surface area contributed by atoms with Crippen LogP contribution in [0, 0.1) is 6.92 Å². The maximum atomic E-state index is 5.82. The Kier molecular flexibility index (Phi) is 5.99. The highest BCUT2D eigenvalue weighted by molar-refractivity contribution is 5.74. The predicted molar refractivity (Wildman–Crippen MR) is 102 cm³/mol. The summed E-state index contributed by atoms with van der Waals surface area (Å²) in [6, 6.07) is 15.4. The van der Waals surface area contributed by atoms with Gasteiger partial charge in [0.1, 0.15) is 12.4 Å². The Hall–Kier alpha value is -3.41. The van der Waals surface area contributed by atoms with Gasteiger partial charge in [0.25, 0.3) is 0 Å². The molecule has 0 atom stereocenters. The number of allylic oxidation sites excluding steroid dienone is 1. The third-order valence-electron chi connectivity index (χ3n) is 3.62. The Balaban J connectivity index is 1.87. The molecular formula is C21H21N3O3. The van der Waals surface area contributed by atoms with Crippen molar-refractivity contribution < 1.29 is 13.9 Å². The monoisotopic (exact) mass is 363 g/mol. The SMILES string of the molecule is C=C(/C=C(/c1cccc(OCc2ccccc2)n1)c1nnc(C)o1)OCC. The van der Waals surface area contributed by atoms with Crippen molar-refractivity contribution in [1.29, 1.82) is 0 Å². The molecule has 3 rings (SSSR count). The molecule has 0 aliphatic heterocycles. The van der Waals surface area contributed by atoms with Crippen LogP contribution in [0.25, 0.3) is 5.57 Å². The van der Waals surface area contributed by atoms with E-state index in [0.29, 0.717) is 47.9 Å². The lowest BCUT2D eigenvalue weighted by Crippen LogP contribution is -2.00. The molecule has 0 radical (unpaired) electrons. The van der Waals surface area contributed by atoms with Crippen LogP contribution in [-0.2, 0) is 11.3 Å². The Morgan fingerprint density at radius 2 is 1.93 bits per heavy atom. The van der Waals surface area contributed by atoms with Crippen LogP contribution < -0.4 is 4.74 Å². The third-order valence-corrected chi connectivity index (χ3v) is 3.62. The molecule has 0 aliphatic rings. The van der Waals surface area contributed by atoms with Crippen LogP contribution in [-0.4, -0.2) is 21.8 Å². The van der Waals surface area contributed by atoms with E-state index in [1.54, 1.807) is 19.1 Å². The molecule has 138 valence electrons. The molecular weight excluding hydrogens is 342 g/mol. The van der Waals surface area contributed by atoms with Crippen LogP contribution in [0.1, 0.15) is 30.0 Å². The van der Waals surface area contributed by atoms with Gasteiger partial charge >= 0.3 is 0 Å². The smallest absolute Gasteiger partial charge is 0.250 e. The van der Waals surface area contributed by atoms with Gasteiger partial charge < -0.3 is 13.9 Å². The molecule has 0 bridgehead atoms. The number of rotatable bonds is 8. The van der Waals surface area contributed by atoms with Gasteiger partial charge in [-0.05, 0) is 24.6 Å². The van der Waals surface area contributed by atoms with Crippen molar-refractivity contribution >= 4 is 5.57 Å². The van der Waals surface area contributed by atoms with E-state index in [2.05, 4.69) is 21.8 Å². The third kappa shape index (κ3) is 5.04. The molecule has 2 heterocycles. The van der Waals surface area contributed by atoms with E-state index in [1.807, 2.05) is 49.4 Å². The first-order valence-corrected chi connectivity index (χ1v) is 8.63. The number of ether oxygens (including phenoxy) is 2. The lowest BCUT2D eigenvalue weighted by molar-refractivity contribution is 0.244. The van der Waals surface area contributed by atoms with Gasteiger partial charge in [-0.3, -0.25) is 0 Å². The van der Waals surface area contributed by atoms with Gasteiger partial charge in [0.2, 0.25) is 17.7 Å². The minimum Gasteiger partial charge on any atom is -0.494 e. The van der Waals surface area contributed by atoms with Gasteiger partial charge in [-0.2, -0.15) is 0 Å². The lowest BCUT2D eigenvalue weighted by atomic mass is 10.1. The number of pyridine rings is 1. The zero-order chi connectivity index (χ0) is 19.1. The zero-order valence-electron chi connectivity index (χ0n) is 15.4. The summed E-state index contributed by atoms with van der Waals surface area (Å²) in [6.45, 7) is 8.47. The minimum atomic E-state index is 0.348. The molecule has 0 saturated heterocycles. The van der Waals surface area contributed by atoms with Crippen LogP contribution in [0.15, 0.2) is 71.4 Å². The maximum Gasteiger partial charge on any atom is 0.250 e. The Labute approximate surface area is 158 Å². The van der Waals surface area contributed by atoms with Crippen molar-refractivity contribution in [3.63, 3.8) is 0 Å². The van der Waals surface area contributed by atoms with Crippen LogP contribution in [0.2, 0.25) is 0 Å². The minimum absolute atomic E-state index is 0.348. The topological polar surface area (TPSA) is 70.3 Å². The highest BCUT2D eigenvalue weighted by Crippen LogP contribution is 2.24. The molecule has 0 spiro atoms. The normalized spacial score (nSPS) is 11.3. The standard InChI is InChI=1S/C21H21N3O3/c1-4-25-15(2)13-18(21-24-23-16(3)27-21)19-11-8-12-20(22-19)26-14-17-9-6-5-7-10-17/h5-13H,2,4,14H2,1,3H3/b18-13-. The second kappa shape index (κ2) is 8.80. The number of hydrogen-bond acceptors (Lipinski definition) is 6. The van der Waals surface area contributed by atoms with Crippen molar-refractivity contribution in [2.45, 2.75) is 20.5 Å². The van der Waals surface area contributed by atoms with E-state index in [4.69, 9.17) is 13.9 Å². The van der Waals surface area contributed by atoms with Gasteiger partial charge in [-0.1, -0.05) is 43.0 Å². The summed E-state index contributed by atoms with van der Waals surface area (Å²) < 4.78 is 16.8. The number of nitrogens with zero attached hydrogens (tertiary/aromatic N) is 3. The zero-order valence-corrected chi connectivity index (χ0v) is 15.4. The number of benzene rings is 1. The second-order valence-corrected chi connectivity index (χ2v) is 5.72. The van der Waals surface area contributed by atoms with E-state index in [0.717, 1.165) is 5.56 Å². The molecule has 6 nitrogen and oxygen atoms in total. The predicted octanol–water partition coefficient (Wildman–Crippen LogP) is 4.33. The van der Waals surface area contributed by atoms with E-state index in [1.165, 1.54) is 0 Å². The van der Waals surface area contributed by atoms with Crippen molar-refractivity contribution in [3.8, 4) is 5.88 Å². The first-order chi connectivity index (χ1) is 13.2. The summed E-state index contributed by atoms with van der Waals surface area (Å²) in [7, 11) is 0. The average molecular weight is 363 g/mol. The Morgan fingerprint density at radius 3 is 2.63 bits per heavy atom. The number of hydrogen-bond donors (Lipinski definition) is 0. The fourth-order valence-electron chi connectivity index (χ4n) is 2.42. The average Bonchev–Trinajstić information content (AvgIpc) is 3.12. The largest absolute Gasteiger partial charge is 0.494 e. The summed E-state index contributed by atoms with van der Waals surface area (Å²) in [4.78, 5) is 4.57. The highest BCUT2D eigenvalue weighted by atomic mass is 16.5. The van der Waals surface area contributed by atoms with E-state index in [-0.39, 0.29) is 0 Å². The molecule has 0 aliphatic carbocycles. The van der Waals surface area contributed by atoms with Crippen molar-refractivity contribution in [2.75, 3.05) is 6.61 Å². The Bertz CT molecular complexity index is 933. The fourth-order valence-corrected chi connectivity index (χ4v) is 2.42. The van der Waals surface area contributed by atoms with Crippen LogP contribution >= 0.6 is 0 Å². The first kappa shape index (κ1) is 18.4. The summed E-state index contributed by atoms with van der Waals surface area (Å²) in [5.41, 5.74) is 2.32. The maximum absolute atomic E-state index is 5.82.